The van der Waals surface area contributed by atoms with E-state index >= 15 is 0 Å². The number of rotatable bonds is 10. The highest BCUT2D eigenvalue weighted by Crippen LogP contribution is 2.21. The number of nitrogens with one attached hydrogen (secondary N) is 1. The third kappa shape index (κ3) is 7.15. The Balaban J connectivity index is 1.43. The molecule has 0 spiro atoms. The zero-order chi connectivity index (χ0) is 22.8. The molecule has 2 heterocycles. The van der Waals surface area contributed by atoms with Gasteiger partial charge in [0.1, 0.15) is 6.61 Å². The van der Waals surface area contributed by atoms with Gasteiger partial charge in [0.25, 0.3) is 0 Å². The second-order valence-corrected chi connectivity index (χ2v) is 9.31. The molecule has 1 fully saturated rings. The highest BCUT2D eigenvalue weighted by atomic mass is 32.2. The maximum Gasteiger partial charge on any atom is 0.236 e. The third-order valence-electron chi connectivity index (χ3n) is 5.22. The second kappa shape index (κ2) is 11.8. The molecule has 0 radical (unpaired) electrons. The molecule has 32 heavy (non-hydrogen) atoms. The van der Waals surface area contributed by atoms with Crippen LogP contribution in [0.25, 0.3) is 6.08 Å². The molecule has 0 bridgehead atoms. The van der Waals surface area contributed by atoms with Crippen molar-refractivity contribution in [3.8, 4) is 5.88 Å². The Hall–Kier alpha value is -2.75. The lowest BCUT2D eigenvalue weighted by Gasteiger charge is -2.29. The number of pyridine rings is 1. The number of ether oxygens (including phenoxy) is 2. The number of methoxy groups -OCH3 is 1. The number of hydrogen-bond donors (Lipinski definition) is 1. The molecule has 1 aromatic carbocycles. The lowest BCUT2D eigenvalue weighted by atomic mass is 9.97. The number of nitrogens with zero attached hydrogens (tertiary/aromatic N) is 2. The van der Waals surface area contributed by atoms with Crippen LogP contribution in [0.3, 0.4) is 0 Å². The predicted octanol–water partition coefficient (Wildman–Crippen LogP) is 2.44. The second-order valence-electron chi connectivity index (χ2n) is 7.50. The summed E-state index contributed by atoms with van der Waals surface area (Å²) < 4.78 is 36.9. The first-order valence-corrected chi connectivity index (χ1v) is 12.1. The van der Waals surface area contributed by atoms with Gasteiger partial charge in [0.2, 0.25) is 21.8 Å². The zero-order valence-corrected chi connectivity index (χ0v) is 19.0. The minimum absolute atomic E-state index is 0.0673. The fourth-order valence-electron chi connectivity index (χ4n) is 3.35. The number of amides is 1. The maximum atomic E-state index is 12.6. The van der Waals surface area contributed by atoms with E-state index in [0.29, 0.717) is 51.6 Å². The van der Waals surface area contributed by atoms with Gasteiger partial charge in [-0.3, -0.25) is 4.79 Å². The minimum Gasteiger partial charge on any atom is -0.475 e. The first-order chi connectivity index (χ1) is 15.5. The van der Waals surface area contributed by atoms with E-state index < -0.39 is 10.0 Å². The molecule has 9 heteroatoms. The summed E-state index contributed by atoms with van der Waals surface area (Å²) in [6.07, 6.45) is 4.25. The van der Waals surface area contributed by atoms with Crippen LogP contribution in [-0.2, 0) is 26.1 Å². The summed E-state index contributed by atoms with van der Waals surface area (Å²) in [6.45, 7) is 1.94. The van der Waals surface area contributed by atoms with Gasteiger partial charge in [0, 0.05) is 50.3 Å². The van der Waals surface area contributed by atoms with Gasteiger partial charge in [-0.25, -0.2) is 13.4 Å². The number of aromatic nitrogens is 1. The van der Waals surface area contributed by atoms with Crippen LogP contribution in [0.5, 0.6) is 5.88 Å². The zero-order valence-electron chi connectivity index (χ0n) is 18.1. The fraction of sp³-hybridized carbons (Fsp3) is 0.391. The van der Waals surface area contributed by atoms with E-state index in [2.05, 4.69) is 10.3 Å². The van der Waals surface area contributed by atoms with Crippen molar-refractivity contribution in [3.05, 3.63) is 65.2 Å². The average Bonchev–Trinajstić information content (AvgIpc) is 2.83. The Morgan fingerprint density at radius 1 is 1.16 bits per heavy atom. The lowest BCUT2D eigenvalue weighted by molar-refractivity contribution is -0.126. The van der Waals surface area contributed by atoms with Crippen LogP contribution in [0, 0.1) is 5.92 Å². The quantitative estimate of drug-likeness (QED) is 0.548. The van der Waals surface area contributed by atoms with Gasteiger partial charge in [-0.05, 0) is 30.0 Å². The van der Waals surface area contributed by atoms with E-state index in [4.69, 9.17) is 9.47 Å². The van der Waals surface area contributed by atoms with E-state index in [-0.39, 0.29) is 11.8 Å². The van der Waals surface area contributed by atoms with Gasteiger partial charge in [-0.2, -0.15) is 4.31 Å². The van der Waals surface area contributed by atoms with Crippen molar-refractivity contribution < 1.29 is 22.7 Å². The van der Waals surface area contributed by atoms with E-state index in [1.165, 1.54) is 9.71 Å². The normalized spacial score (nSPS) is 15.7. The maximum absolute atomic E-state index is 12.6. The molecule has 0 atom stereocenters. The molecule has 172 valence electrons. The predicted molar refractivity (Wildman–Crippen MR) is 122 cm³/mol. The lowest BCUT2D eigenvalue weighted by Crippen LogP contribution is -2.42. The van der Waals surface area contributed by atoms with Crippen molar-refractivity contribution in [2.24, 2.45) is 5.92 Å². The molecule has 0 saturated carbocycles. The van der Waals surface area contributed by atoms with Crippen LogP contribution >= 0.6 is 0 Å². The molecular formula is C23H29N3O5S. The summed E-state index contributed by atoms with van der Waals surface area (Å²) in [4.78, 5) is 16.7. The standard InChI is InChI=1S/C23H29N3O5S/c1-30-14-15-31-22-8-7-20(17-24-22)18-25-23(27)21-9-12-26(13-10-21)32(28,29)16-11-19-5-3-2-4-6-19/h2-8,11,16-17,21H,9-10,12-15,18H2,1H3,(H,25,27)/b16-11+. The first-order valence-electron chi connectivity index (χ1n) is 10.6. The molecule has 1 aliphatic rings. The highest BCUT2D eigenvalue weighted by molar-refractivity contribution is 7.92. The van der Waals surface area contributed by atoms with Crippen molar-refractivity contribution >= 4 is 22.0 Å². The Morgan fingerprint density at radius 2 is 1.91 bits per heavy atom. The highest BCUT2D eigenvalue weighted by Gasteiger charge is 2.29. The van der Waals surface area contributed by atoms with Crippen molar-refractivity contribution in [1.82, 2.24) is 14.6 Å². The number of carbonyl (C=O) groups is 1. The van der Waals surface area contributed by atoms with Crippen molar-refractivity contribution in [2.45, 2.75) is 19.4 Å². The molecule has 1 aliphatic heterocycles. The topological polar surface area (TPSA) is 97.8 Å². The summed E-state index contributed by atoms with van der Waals surface area (Å²) in [5.41, 5.74) is 1.69. The largest absolute Gasteiger partial charge is 0.475 e. The Kier molecular flexibility index (Phi) is 8.78. The van der Waals surface area contributed by atoms with E-state index in [1.54, 1.807) is 25.4 Å². The number of hydrogen-bond acceptors (Lipinski definition) is 6. The molecule has 8 nitrogen and oxygen atoms in total. The molecular weight excluding hydrogens is 430 g/mol. The van der Waals surface area contributed by atoms with E-state index in [0.717, 1.165) is 11.1 Å². The summed E-state index contributed by atoms with van der Waals surface area (Å²) in [7, 11) is -1.90. The summed E-state index contributed by atoms with van der Waals surface area (Å²) in [5, 5.41) is 4.15. The van der Waals surface area contributed by atoms with Crippen LogP contribution in [-0.4, -0.2) is 57.0 Å². The summed E-state index contributed by atoms with van der Waals surface area (Å²) in [6, 6.07) is 12.9. The SMILES string of the molecule is COCCOc1ccc(CNC(=O)C2CCN(S(=O)(=O)/C=C/c3ccccc3)CC2)cn1. The molecule has 1 N–H and O–H groups in total. The van der Waals surface area contributed by atoms with Crippen LogP contribution in [0.4, 0.5) is 0 Å². The molecule has 0 unspecified atom stereocenters. The van der Waals surface area contributed by atoms with Crippen molar-refractivity contribution in [3.63, 3.8) is 0 Å². The Bertz CT molecular complexity index is 986. The van der Waals surface area contributed by atoms with Crippen LogP contribution in [0.15, 0.2) is 54.1 Å². The minimum atomic E-state index is -3.51. The number of sulfonamides is 1. The van der Waals surface area contributed by atoms with Gasteiger partial charge in [-0.15, -0.1) is 0 Å². The molecule has 1 aromatic heterocycles. The molecule has 1 amide bonds. The summed E-state index contributed by atoms with van der Waals surface area (Å²) >= 11 is 0. The van der Waals surface area contributed by atoms with Crippen molar-refractivity contribution in [2.75, 3.05) is 33.4 Å². The van der Waals surface area contributed by atoms with Gasteiger partial charge in [-0.1, -0.05) is 36.4 Å². The van der Waals surface area contributed by atoms with Gasteiger partial charge < -0.3 is 14.8 Å². The van der Waals surface area contributed by atoms with Crippen LogP contribution in [0.1, 0.15) is 24.0 Å². The van der Waals surface area contributed by atoms with Crippen LogP contribution in [0.2, 0.25) is 0 Å². The van der Waals surface area contributed by atoms with Gasteiger partial charge in [0.05, 0.1) is 6.61 Å². The van der Waals surface area contributed by atoms with Crippen molar-refractivity contribution in [1.29, 1.82) is 0 Å². The number of carbonyl (C=O) groups excluding carboxylic acids is 1. The number of benzene rings is 1. The van der Waals surface area contributed by atoms with E-state index in [1.807, 2.05) is 36.4 Å². The van der Waals surface area contributed by atoms with E-state index in [9.17, 15) is 13.2 Å². The first kappa shape index (κ1) is 23.9. The van der Waals surface area contributed by atoms with Gasteiger partial charge >= 0.3 is 0 Å². The van der Waals surface area contributed by atoms with Crippen LogP contribution < -0.4 is 10.1 Å². The molecule has 0 aliphatic carbocycles. The monoisotopic (exact) mass is 459 g/mol. The molecule has 1 saturated heterocycles. The Labute approximate surface area is 189 Å². The Morgan fingerprint density at radius 3 is 2.56 bits per heavy atom. The average molecular weight is 460 g/mol. The molecule has 2 aromatic rings. The fourth-order valence-corrected chi connectivity index (χ4v) is 4.57. The summed E-state index contributed by atoms with van der Waals surface area (Å²) in [5.74, 6) is 0.235. The molecule has 3 rings (SSSR count). The van der Waals surface area contributed by atoms with Gasteiger partial charge in [0.15, 0.2) is 0 Å². The number of piperidine rings is 1. The smallest absolute Gasteiger partial charge is 0.236 e. The third-order valence-corrected chi connectivity index (χ3v) is 6.78.